The summed E-state index contributed by atoms with van der Waals surface area (Å²) in [7, 11) is -3.71. The fourth-order valence-corrected chi connectivity index (χ4v) is 3.53. The Kier molecular flexibility index (Phi) is 5.35. The molecular weight excluding hydrogens is 353 g/mol. The highest BCUT2D eigenvalue weighted by atomic mass is 32.2. The van der Waals surface area contributed by atoms with Gasteiger partial charge in [-0.25, -0.2) is 8.42 Å². The number of hydrogen-bond acceptors (Lipinski definition) is 6. The van der Waals surface area contributed by atoms with Crippen LogP contribution in [0, 0.1) is 0 Å². The maximum absolute atomic E-state index is 12.6. The summed E-state index contributed by atoms with van der Waals surface area (Å²) in [4.78, 5) is 3.93. The van der Waals surface area contributed by atoms with E-state index < -0.39 is 33.1 Å². The standard InChI is InChI=1S/C13H13F3N2O3S2/c1-22-6-12-17-11(18-21-12)8-23(19,20)7-9-3-2-4-10(5-9)13(14,15)16/h2-5H,6-8H2,1H3. The molecule has 0 aliphatic heterocycles. The number of alkyl halides is 3. The van der Waals surface area contributed by atoms with Gasteiger partial charge in [-0.3, -0.25) is 0 Å². The Morgan fingerprint density at radius 1 is 1.26 bits per heavy atom. The molecule has 5 nitrogen and oxygen atoms in total. The lowest BCUT2D eigenvalue weighted by Gasteiger charge is -2.08. The van der Waals surface area contributed by atoms with Crippen LogP contribution in [-0.4, -0.2) is 24.8 Å². The molecule has 0 N–H and O–H groups in total. The van der Waals surface area contributed by atoms with Gasteiger partial charge in [0.05, 0.1) is 17.1 Å². The van der Waals surface area contributed by atoms with Crippen molar-refractivity contribution in [2.45, 2.75) is 23.4 Å². The van der Waals surface area contributed by atoms with E-state index in [2.05, 4.69) is 10.1 Å². The fraction of sp³-hybridized carbons (Fsp3) is 0.385. The first-order chi connectivity index (χ1) is 10.7. The fourth-order valence-electron chi connectivity index (χ4n) is 1.87. The van der Waals surface area contributed by atoms with Gasteiger partial charge in [0.25, 0.3) is 0 Å². The molecule has 1 aromatic heterocycles. The molecule has 0 saturated heterocycles. The largest absolute Gasteiger partial charge is 0.416 e. The molecule has 0 aliphatic carbocycles. The minimum atomic E-state index is -4.51. The van der Waals surface area contributed by atoms with E-state index in [0.717, 1.165) is 12.1 Å². The van der Waals surface area contributed by atoms with Gasteiger partial charge >= 0.3 is 6.18 Å². The molecule has 1 aromatic carbocycles. The van der Waals surface area contributed by atoms with Gasteiger partial charge in [0.2, 0.25) is 5.89 Å². The predicted molar refractivity (Wildman–Crippen MR) is 79.3 cm³/mol. The lowest BCUT2D eigenvalue weighted by Crippen LogP contribution is -2.10. The van der Waals surface area contributed by atoms with Crippen molar-refractivity contribution in [3.8, 4) is 0 Å². The number of rotatable bonds is 6. The van der Waals surface area contributed by atoms with Gasteiger partial charge in [0, 0.05) is 0 Å². The minimum Gasteiger partial charge on any atom is -0.338 e. The Hall–Kier alpha value is -1.55. The number of thioether (sulfide) groups is 1. The molecule has 0 amide bonds. The molecule has 1 heterocycles. The van der Waals surface area contributed by atoms with E-state index >= 15 is 0 Å². The van der Waals surface area contributed by atoms with E-state index in [0.29, 0.717) is 11.6 Å². The van der Waals surface area contributed by atoms with Crippen LogP contribution in [-0.2, 0) is 33.3 Å². The molecule has 0 aliphatic rings. The highest BCUT2D eigenvalue weighted by Crippen LogP contribution is 2.30. The van der Waals surface area contributed by atoms with E-state index in [-0.39, 0.29) is 11.4 Å². The Labute approximate surface area is 135 Å². The molecule has 0 fully saturated rings. The maximum Gasteiger partial charge on any atom is 0.416 e. The average Bonchev–Trinajstić information content (AvgIpc) is 2.84. The quantitative estimate of drug-likeness (QED) is 0.782. The summed E-state index contributed by atoms with van der Waals surface area (Å²) in [6, 6.07) is 4.23. The van der Waals surface area contributed by atoms with Crippen LogP contribution >= 0.6 is 11.8 Å². The van der Waals surface area contributed by atoms with E-state index in [1.165, 1.54) is 23.9 Å². The van der Waals surface area contributed by atoms with E-state index in [1.54, 1.807) is 0 Å². The highest BCUT2D eigenvalue weighted by Gasteiger charge is 2.30. The highest BCUT2D eigenvalue weighted by molar-refractivity contribution is 7.97. The summed E-state index contributed by atoms with van der Waals surface area (Å²) in [5.74, 6) is -0.242. The van der Waals surface area contributed by atoms with E-state index in [1.807, 2.05) is 6.26 Å². The molecule has 0 unspecified atom stereocenters. The van der Waals surface area contributed by atoms with Gasteiger partial charge in [0.1, 0.15) is 5.75 Å². The molecule has 2 rings (SSSR count). The average molecular weight is 366 g/mol. The van der Waals surface area contributed by atoms with Crippen molar-refractivity contribution in [1.82, 2.24) is 10.1 Å². The van der Waals surface area contributed by atoms with Crippen LogP contribution in [0.25, 0.3) is 0 Å². The van der Waals surface area contributed by atoms with Gasteiger partial charge in [-0.2, -0.15) is 29.9 Å². The topological polar surface area (TPSA) is 73.1 Å². The van der Waals surface area contributed by atoms with Crippen molar-refractivity contribution in [3.05, 3.63) is 47.1 Å². The summed E-state index contributed by atoms with van der Waals surface area (Å²) in [6.45, 7) is 0. The second-order valence-corrected chi connectivity index (χ2v) is 7.70. The smallest absolute Gasteiger partial charge is 0.338 e. The zero-order valence-electron chi connectivity index (χ0n) is 12.0. The number of nitrogens with zero attached hydrogens (tertiary/aromatic N) is 2. The first kappa shape index (κ1) is 17.8. The first-order valence-electron chi connectivity index (χ1n) is 6.36. The molecule has 0 radical (unpaired) electrons. The monoisotopic (exact) mass is 366 g/mol. The number of benzene rings is 1. The number of halogens is 3. The molecular formula is C13H13F3N2O3S2. The Bertz CT molecular complexity index is 773. The summed E-state index contributed by atoms with van der Waals surface area (Å²) in [6.07, 6.45) is -2.69. The van der Waals surface area contributed by atoms with E-state index in [9.17, 15) is 21.6 Å². The molecule has 23 heavy (non-hydrogen) atoms. The van der Waals surface area contributed by atoms with E-state index in [4.69, 9.17) is 4.52 Å². The molecule has 0 spiro atoms. The normalized spacial score (nSPS) is 12.5. The van der Waals surface area contributed by atoms with Crippen molar-refractivity contribution in [3.63, 3.8) is 0 Å². The minimum absolute atomic E-state index is 0.000950. The van der Waals surface area contributed by atoms with Crippen LogP contribution in [0.4, 0.5) is 13.2 Å². The summed E-state index contributed by atoms with van der Waals surface area (Å²) in [5, 5.41) is 3.56. The first-order valence-corrected chi connectivity index (χ1v) is 9.58. The number of hydrogen-bond donors (Lipinski definition) is 0. The van der Waals surface area contributed by atoms with Gasteiger partial charge < -0.3 is 4.52 Å². The zero-order valence-corrected chi connectivity index (χ0v) is 13.6. The van der Waals surface area contributed by atoms with Crippen molar-refractivity contribution < 1.29 is 26.1 Å². The SMILES string of the molecule is CSCc1nc(CS(=O)(=O)Cc2cccc(C(F)(F)F)c2)no1. The van der Waals surface area contributed by atoms with Crippen LogP contribution in [0.1, 0.15) is 22.8 Å². The number of sulfone groups is 1. The summed E-state index contributed by atoms with van der Waals surface area (Å²) >= 11 is 1.44. The molecule has 0 saturated carbocycles. The van der Waals surface area contributed by atoms with Crippen LogP contribution < -0.4 is 0 Å². The Morgan fingerprint density at radius 2 is 2.00 bits per heavy atom. The van der Waals surface area contributed by atoms with Crippen LogP contribution in [0.3, 0.4) is 0 Å². The van der Waals surface area contributed by atoms with Crippen molar-refractivity contribution in [1.29, 1.82) is 0 Å². The van der Waals surface area contributed by atoms with Crippen LogP contribution in [0.15, 0.2) is 28.8 Å². The van der Waals surface area contributed by atoms with Crippen molar-refractivity contribution in [2.24, 2.45) is 0 Å². The summed E-state index contributed by atoms with van der Waals surface area (Å²) < 4.78 is 67.0. The lowest BCUT2D eigenvalue weighted by atomic mass is 10.1. The molecule has 0 atom stereocenters. The second-order valence-electron chi connectivity index (χ2n) is 4.77. The predicted octanol–water partition coefficient (Wildman–Crippen LogP) is 3.07. The summed E-state index contributed by atoms with van der Waals surface area (Å²) in [5.41, 5.74) is -0.820. The maximum atomic E-state index is 12.6. The molecule has 2 aromatic rings. The van der Waals surface area contributed by atoms with Gasteiger partial charge in [0.15, 0.2) is 15.7 Å². The van der Waals surface area contributed by atoms with Gasteiger partial charge in [-0.1, -0.05) is 23.4 Å². The number of aromatic nitrogens is 2. The third kappa shape index (κ3) is 5.24. The molecule has 0 bridgehead atoms. The molecule has 126 valence electrons. The van der Waals surface area contributed by atoms with Crippen LogP contribution in [0.2, 0.25) is 0 Å². The third-order valence-electron chi connectivity index (χ3n) is 2.77. The van der Waals surface area contributed by atoms with Gasteiger partial charge in [-0.05, 0) is 17.9 Å². The van der Waals surface area contributed by atoms with Crippen LogP contribution in [0.5, 0.6) is 0 Å². The van der Waals surface area contributed by atoms with Crippen molar-refractivity contribution >= 4 is 21.6 Å². The lowest BCUT2D eigenvalue weighted by molar-refractivity contribution is -0.137. The molecule has 10 heteroatoms. The second kappa shape index (κ2) is 6.91. The van der Waals surface area contributed by atoms with Gasteiger partial charge in [-0.15, -0.1) is 0 Å². The Balaban J connectivity index is 2.11. The zero-order chi connectivity index (χ0) is 17.1. The third-order valence-corrected chi connectivity index (χ3v) is 4.77. The Morgan fingerprint density at radius 3 is 2.65 bits per heavy atom. The van der Waals surface area contributed by atoms with Crippen molar-refractivity contribution in [2.75, 3.05) is 6.26 Å².